The number of esters is 1. The molecule has 0 spiro atoms. The lowest BCUT2D eigenvalue weighted by molar-refractivity contribution is -0.135. The van der Waals surface area contributed by atoms with Gasteiger partial charge in [-0.3, -0.25) is 9.36 Å². The number of rotatable bonds is 8. The summed E-state index contributed by atoms with van der Waals surface area (Å²) in [6.07, 6.45) is 1.72. The van der Waals surface area contributed by atoms with Crippen LogP contribution in [0.4, 0.5) is 5.69 Å². The lowest BCUT2D eigenvalue weighted by Crippen LogP contribution is -2.42. The number of aromatic nitrogens is 1. The minimum atomic E-state index is -4.30. The molecule has 0 bridgehead atoms. The summed E-state index contributed by atoms with van der Waals surface area (Å²) in [7, 11) is -4.30. The van der Waals surface area contributed by atoms with E-state index in [9.17, 15) is 18.0 Å². The number of fused-ring (bicyclic) bond motifs is 1. The molecule has 1 aliphatic rings. The van der Waals surface area contributed by atoms with Gasteiger partial charge in [-0.15, -0.1) is 0 Å². The number of hydrogen-bond acceptors (Lipinski definition) is 7. The first-order chi connectivity index (χ1) is 20.9. The molecule has 0 radical (unpaired) electrons. The maximum atomic E-state index is 14.4. The third-order valence-corrected chi connectivity index (χ3v) is 10.8. The molecule has 5 rings (SSSR count). The van der Waals surface area contributed by atoms with Gasteiger partial charge in [0.2, 0.25) is 15.7 Å². The van der Waals surface area contributed by atoms with Gasteiger partial charge in [0.1, 0.15) is 10.2 Å². The molecule has 0 amide bonds. The molecule has 0 saturated carbocycles. The van der Waals surface area contributed by atoms with E-state index in [1.54, 1.807) is 31.2 Å². The van der Waals surface area contributed by atoms with Gasteiger partial charge in [0.05, 0.1) is 22.5 Å². The molecule has 7 nitrogen and oxygen atoms in total. The molecular formula is C35H36N2O5S2. The third-order valence-electron chi connectivity index (χ3n) is 7.69. The van der Waals surface area contributed by atoms with Gasteiger partial charge in [-0.25, -0.2) is 13.2 Å². The summed E-state index contributed by atoms with van der Waals surface area (Å²) in [6, 6.07) is 23.2. The molecule has 9 heteroatoms. The van der Waals surface area contributed by atoms with Crippen LogP contribution >= 0.6 is 11.8 Å². The second-order valence-corrected chi connectivity index (χ2v) is 14.3. The molecule has 0 saturated heterocycles. The lowest BCUT2D eigenvalue weighted by Gasteiger charge is -2.24. The fourth-order valence-corrected chi connectivity index (χ4v) is 8.00. The van der Waals surface area contributed by atoms with Crippen molar-refractivity contribution in [2.45, 2.75) is 61.6 Å². The molecule has 1 unspecified atom stereocenters. The fraction of sp³-hybridized carbons (Fsp3) is 0.257. The average molecular weight is 629 g/mol. The Labute approximate surface area is 262 Å². The van der Waals surface area contributed by atoms with Crippen molar-refractivity contribution in [3.63, 3.8) is 0 Å². The topological polar surface area (TPSA) is 108 Å². The van der Waals surface area contributed by atoms with Crippen LogP contribution in [0.5, 0.6) is 0 Å². The van der Waals surface area contributed by atoms with Crippen LogP contribution in [0.25, 0.3) is 11.0 Å². The van der Waals surface area contributed by atoms with Gasteiger partial charge in [-0.1, -0.05) is 106 Å². The molecule has 1 atom stereocenters. The Bertz CT molecular complexity index is 1940. The monoisotopic (exact) mass is 628 g/mol. The van der Waals surface area contributed by atoms with E-state index < -0.39 is 27.0 Å². The number of nitrogen functional groups attached to an aromatic ring is 1. The number of nitrogens with zero attached hydrogens (tertiary/aromatic N) is 1. The number of carbonyl (C=O) groups is 2. The van der Waals surface area contributed by atoms with E-state index in [0.717, 1.165) is 33.0 Å². The van der Waals surface area contributed by atoms with Crippen molar-refractivity contribution in [3.05, 3.63) is 112 Å². The van der Waals surface area contributed by atoms with Crippen LogP contribution < -0.4 is 16.3 Å². The zero-order chi connectivity index (χ0) is 31.8. The highest BCUT2D eigenvalue weighted by Crippen LogP contribution is 2.41. The first-order valence-corrected chi connectivity index (χ1v) is 17.0. The molecule has 1 aromatic heterocycles. The zero-order valence-electron chi connectivity index (χ0n) is 25.4. The molecular weight excluding hydrogens is 593 g/mol. The van der Waals surface area contributed by atoms with Crippen LogP contribution in [0.15, 0.2) is 88.8 Å². The minimum Gasteiger partial charge on any atom is -0.462 e. The van der Waals surface area contributed by atoms with Crippen LogP contribution in [0.3, 0.4) is 0 Å². The second kappa shape index (κ2) is 12.5. The number of carbonyl (C=O) groups excluding carboxylic acids is 2. The van der Waals surface area contributed by atoms with Crippen molar-refractivity contribution in [3.8, 4) is 0 Å². The predicted molar refractivity (Wildman–Crippen MR) is 176 cm³/mol. The number of nitrogens with two attached hydrogens (primary N) is 1. The van der Waals surface area contributed by atoms with Crippen molar-refractivity contribution in [2.75, 3.05) is 12.3 Å². The number of sulfone groups is 1. The molecule has 0 fully saturated rings. The summed E-state index contributed by atoms with van der Waals surface area (Å²) < 4.78 is 35.0. The van der Waals surface area contributed by atoms with Crippen LogP contribution in [-0.2, 0) is 19.4 Å². The van der Waals surface area contributed by atoms with Gasteiger partial charge in [0, 0.05) is 5.22 Å². The molecule has 0 aliphatic carbocycles. The van der Waals surface area contributed by atoms with Gasteiger partial charge in [0.25, 0.3) is 0 Å². The summed E-state index contributed by atoms with van der Waals surface area (Å²) in [5.74, 6) is -0.553. The predicted octanol–water partition coefficient (Wildman–Crippen LogP) is 5.78. The Morgan fingerprint density at radius 1 is 0.932 bits per heavy atom. The van der Waals surface area contributed by atoms with Crippen LogP contribution in [-0.4, -0.2) is 31.5 Å². The standard InChI is InChI=1S/C35H36N2O5S2/c1-6-42-35(39)32-30-28(20-23-12-14-24(15-13-23)21(2)3)29(36)34(44(40,41)27-10-8-7-9-11-27)37(30)33(38)31(43-32)26-18-16-25(17-19-26)22(4)5/h7-22,31H,6,36H2,1-5H3/b28-20+. The Kier molecular flexibility index (Phi) is 8.90. The Morgan fingerprint density at radius 3 is 2.05 bits per heavy atom. The number of anilines is 1. The van der Waals surface area contributed by atoms with Gasteiger partial charge < -0.3 is 10.5 Å². The summed E-state index contributed by atoms with van der Waals surface area (Å²) in [5, 5.41) is -0.875. The molecule has 2 N–H and O–H groups in total. The van der Waals surface area contributed by atoms with E-state index in [-0.39, 0.29) is 43.6 Å². The summed E-state index contributed by atoms with van der Waals surface area (Å²) in [5.41, 5.74) is 10.2. The SMILES string of the molecule is CCOC(=O)C1=c2/c(=C/c3ccc(C(C)C)cc3)c(N)c(S(=O)(=O)c3ccccc3)n2C(=O)C(c2ccc(C(C)C)cc2)S1. The number of ether oxygens (including phenoxy) is 1. The first kappa shape index (κ1) is 31.3. The van der Waals surface area contributed by atoms with Gasteiger partial charge in [-0.05, 0) is 59.2 Å². The Morgan fingerprint density at radius 2 is 1.50 bits per heavy atom. The number of thioether (sulfide) groups is 1. The maximum absolute atomic E-state index is 14.4. The van der Waals surface area contributed by atoms with Gasteiger partial charge >= 0.3 is 5.97 Å². The van der Waals surface area contributed by atoms with E-state index in [1.165, 1.54) is 12.1 Å². The van der Waals surface area contributed by atoms with E-state index in [0.29, 0.717) is 11.5 Å². The second-order valence-electron chi connectivity index (χ2n) is 11.3. The summed E-state index contributed by atoms with van der Waals surface area (Å²) in [4.78, 5) is 28.1. The maximum Gasteiger partial charge on any atom is 0.346 e. The lowest BCUT2D eigenvalue weighted by atomic mass is 10.0. The highest BCUT2D eigenvalue weighted by molar-refractivity contribution is 8.10. The van der Waals surface area contributed by atoms with Crippen molar-refractivity contribution >= 4 is 50.1 Å². The third kappa shape index (κ3) is 5.74. The molecule has 2 heterocycles. The molecule has 3 aromatic carbocycles. The van der Waals surface area contributed by atoms with Crippen molar-refractivity contribution in [1.82, 2.24) is 4.57 Å². The van der Waals surface area contributed by atoms with Gasteiger partial charge in [0.15, 0.2) is 5.03 Å². The summed E-state index contributed by atoms with van der Waals surface area (Å²) >= 11 is 1.06. The van der Waals surface area contributed by atoms with E-state index in [4.69, 9.17) is 10.5 Å². The van der Waals surface area contributed by atoms with E-state index in [2.05, 4.69) is 27.7 Å². The zero-order valence-corrected chi connectivity index (χ0v) is 27.0. The molecule has 44 heavy (non-hydrogen) atoms. The van der Waals surface area contributed by atoms with Crippen molar-refractivity contribution in [1.29, 1.82) is 0 Å². The smallest absolute Gasteiger partial charge is 0.346 e. The first-order valence-electron chi connectivity index (χ1n) is 14.6. The van der Waals surface area contributed by atoms with Crippen LogP contribution in [0.1, 0.15) is 78.8 Å². The molecule has 228 valence electrons. The fourth-order valence-electron chi connectivity index (χ4n) is 5.23. The highest BCUT2D eigenvalue weighted by Gasteiger charge is 2.40. The van der Waals surface area contributed by atoms with Crippen LogP contribution in [0.2, 0.25) is 0 Å². The van der Waals surface area contributed by atoms with Crippen LogP contribution in [0, 0.1) is 0 Å². The highest BCUT2D eigenvalue weighted by atomic mass is 32.2. The van der Waals surface area contributed by atoms with Gasteiger partial charge in [-0.2, -0.15) is 0 Å². The number of hydrogen-bond donors (Lipinski definition) is 1. The quantitative estimate of drug-likeness (QED) is 0.247. The van der Waals surface area contributed by atoms with Crippen molar-refractivity contribution < 1.29 is 22.7 Å². The Hall–Kier alpha value is -4.08. The van der Waals surface area contributed by atoms with E-state index in [1.807, 2.05) is 48.5 Å². The largest absolute Gasteiger partial charge is 0.462 e. The van der Waals surface area contributed by atoms with Crippen molar-refractivity contribution in [2.24, 2.45) is 0 Å². The molecule has 4 aromatic rings. The average Bonchev–Trinajstić information content (AvgIpc) is 3.31. The minimum absolute atomic E-state index is 0.0126. The number of benzene rings is 3. The normalized spacial score (nSPS) is 15.6. The van der Waals surface area contributed by atoms with E-state index >= 15 is 0 Å². The molecule has 1 aliphatic heterocycles. The Balaban J connectivity index is 1.86. The summed E-state index contributed by atoms with van der Waals surface area (Å²) in [6.45, 7) is 10.1.